The Hall–Kier alpha value is -2.30. The number of amides is 1. The quantitative estimate of drug-likeness (QED) is 0.914. The van der Waals surface area contributed by atoms with Gasteiger partial charge in [0.1, 0.15) is 5.75 Å². The minimum Gasteiger partial charge on any atom is -0.493 e. The standard InChI is InChI=1S/C17H19N3O2.CH4.2H2/c21-17(12-4-5-14-15(8-12)20-10-19-14)18-9-13-3-1-2-11-6-7-22-16(11)13;;;/h1-3,10,12H,4-9H2,(H,18,21)(H,19,20);1H4;2*1H. The van der Waals surface area contributed by atoms with Gasteiger partial charge in [0.25, 0.3) is 0 Å². The topological polar surface area (TPSA) is 67.0 Å². The number of aromatic nitrogens is 2. The van der Waals surface area contributed by atoms with Gasteiger partial charge in [0, 0.05) is 39.4 Å². The van der Waals surface area contributed by atoms with Crippen molar-refractivity contribution in [3.05, 3.63) is 47.0 Å². The molecule has 0 saturated carbocycles. The number of aromatic amines is 1. The van der Waals surface area contributed by atoms with E-state index in [9.17, 15) is 4.79 Å². The normalized spacial score (nSPS) is 18.3. The maximum Gasteiger partial charge on any atom is 0.223 e. The molecule has 0 bridgehead atoms. The Balaban J connectivity index is 0.00000104. The largest absolute Gasteiger partial charge is 0.493 e. The Labute approximate surface area is 139 Å². The molecule has 0 fully saturated rings. The number of rotatable bonds is 3. The maximum atomic E-state index is 12.4. The van der Waals surface area contributed by atoms with Crippen LogP contribution in [0.5, 0.6) is 5.75 Å². The molecule has 5 heteroatoms. The van der Waals surface area contributed by atoms with Gasteiger partial charge in [0.15, 0.2) is 0 Å². The summed E-state index contributed by atoms with van der Waals surface area (Å²) < 4.78 is 5.68. The Morgan fingerprint density at radius 1 is 1.43 bits per heavy atom. The minimum absolute atomic E-state index is 0. The van der Waals surface area contributed by atoms with Gasteiger partial charge in [0.2, 0.25) is 5.91 Å². The average Bonchev–Trinajstić information content (AvgIpc) is 3.20. The fourth-order valence-electron chi connectivity index (χ4n) is 3.37. The van der Waals surface area contributed by atoms with Crippen LogP contribution in [0.2, 0.25) is 0 Å². The van der Waals surface area contributed by atoms with Crippen molar-refractivity contribution in [1.82, 2.24) is 15.3 Å². The van der Waals surface area contributed by atoms with Crippen LogP contribution in [0, 0.1) is 5.92 Å². The van der Waals surface area contributed by atoms with E-state index < -0.39 is 0 Å². The number of carbonyl (C=O) groups excluding carboxylic acids is 1. The smallest absolute Gasteiger partial charge is 0.223 e. The van der Waals surface area contributed by atoms with Crippen LogP contribution in [-0.2, 0) is 30.6 Å². The van der Waals surface area contributed by atoms with Gasteiger partial charge in [-0.25, -0.2) is 4.98 Å². The van der Waals surface area contributed by atoms with Crippen molar-refractivity contribution >= 4 is 5.91 Å². The average molecular weight is 317 g/mol. The number of aryl methyl sites for hydroxylation is 1. The molecule has 2 heterocycles. The Kier molecular flexibility index (Phi) is 4.37. The van der Waals surface area contributed by atoms with Gasteiger partial charge in [0.05, 0.1) is 18.6 Å². The van der Waals surface area contributed by atoms with Gasteiger partial charge in [-0.1, -0.05) is 25.6 Å². The SMILES string of the molecule is C.O=C(NCc1cccc2c1OCC2)C1CCc2nc[nH]c2C1.[HH].[HH]. The minimum atomic E-state index is 0. The van der Waals surface area contributed by atoms with Crippen molar-refractivity contribution in [2.24, 2.45) is 5.92 Å². The van der Waals surface area contributed by atoms with Crippen molar-refractivity contribution in [2.45, 2.75) is 39.7 Å². The van der Waals surface area contributed by atoms with Gasteiger partial charge < -0.3 is 15.0 Å². The highest BCUT2D eigenvalue weighted by Gasteiger charge is 2.26. The molecule has 2 aromatic rings. The number of H-pyrrole nitrogens is 1. The number of nitrogens with one attached hydrogen (secondary N) is 2. The van der Waals surface area contributed by atoms with Crippen molar-refractivity contribution in [1.29, 1.82) is 0 Å². The lowest BCUT2D eigenvalue weighted by atomic mass is 9.89. The van der Waals surface area contributed by atoms with Crippen LogP contribution in [0.1, 0.15) is 39.2 Å². The van der Waals surface area contributed by atoms with Crippen LogP contribution in [0.15, 0.2) is 24.5 Å². The van der Waals surface area contributed by atoms with Crippen LogP contribution in [-0.4, -0.2) is 22.5 Å². The summed E-state index contributed by atoms with van der Waals surface area (Å²) in [6.45, 7) is 1.28. The van der Waals surface area contributed by atoms with E-state index >= 15 is 0 Å². The molecule has 0 saturated heterocycles. The Morgan fingerprint density at radius 3 is 3.26 bits per heavy atom. The first-order valence-corrected chi connectivity index (χ1v) is 7.83. The second kappa shape index (κ2) is 6.44. The molecule has 1 unspecified atom stereocenters. The van der Waals surface area contributed by atoms with Crippen LogP contribution in [0.4, 0.5) is 0 Å². The highest BCUT2D eigenvalue weighted by atomic mass is 16.5. The molecule has 1 aromatic carbocycles. The third-order valence-electron chi connectivity index (χ3n) is 4.61. The zero-order chi connectivity index (χ0) is 14.9. The molecule has 1 aliphatic heterocycles. The number of imidazole rings is 1. The van der Waals surface area contributed by atoms with E-state index in [4.69, 9.17) is 4.74 Å². The molecule has 2 aliphatic rings. The number of carbonyl (C=O) groups is 1. The molecule has 1 atom stereocenters. The third-order valence-corrected chi connectivity index (χ3v) is 4.61. The predicted molar refractivity (Wildman–Crippen MR) is 92.5 cm³/mol. The van der Waals surface area contributed by atoms with E-state index in [1.165, 1.54) is 5.56 Å². The summed E-state index contributed by atoms with van der Waals surface area (Å²) in [6, 6.07) is 6.15. The van der Waals surface area contributed by atoms with Gasteiger partial charge in [-0.15, -0.1) is 0 Å². The van der Waals surface area contributed by atoms with E-state index in [2.05, 4.69) is 21.4 Å². The summed E-state index contributed by atoms with van der Waals surface area (Å²) in [6.07, 6.45) is 5.18. The molecule has 1 amide bonds. The lowest BCUT2D eigenvalue weighted by Crippen LogP contribution is -2.33. The van der Waals surface area contributed by atoms with Crippen molar-refractivity contribution in [3.63, 3.8) is 0 Å². The van der Waals surface area contributed by atoms with E-state index in [1.807, 2.05) is 12.1 Å². The monoisotopic (exact) mass is 317 g/mol. The first kappa shape index (κ1) is 15.6. The number of hydrogen-bond acceptors (Lipinski definition) is 3. The number of benzene rings is 1. The highest BCUT2D eigenvalue weighted by molar-refractivity contribution is 5.79. The van der Waals surface area contributed by atoms with E-state index in [0.29, 0.717) is 6.54 Å². The second-order valence-corrected chi connectivity index (χ2v) is 5.99. The van der Waals surface area contributed by atoms with E-state index in [0.717, 1.165) is 55.0 Å². The molecule has 4 rings (SSSR count). The van der Waals surface area contributed by atoms with Gasteiger partial charge in [-0.3, -0.25) is 4.79 Å². The highest BCUT2D eigenvalue weighted by Crippen LogP contribution is 2.29. The summed E-state index contributed by atoms with van der Waals surface area (Å²) in [5.41, 5.74) is 4.53. The Morgan fingerprint density at radius 2 is 2.35 bits per heavy atom. The zero-order valence-electron chi connectivity index (χ0n) is 12.4. The van der Waals surface area contributed by atoms with Crippen molar-refractivity contribution < 1.29 is 12.4 Å². The van der Waals surface area contributed by atoms with Crippen molar-refractivity contribution in [3.8, 4) is 5.75 Å². The molecular weight excluding hydrogens is 290 g/mol. The summed E-state index contributed by atoms with van der Waals surface area (Å²) >= 11 is 0. The van der Waals surface area contributed by atoms with Crippen LogP contribution in [0.3, 0.4) is 0 Å². The lowest BCUT2D eigenvalue weighted by molar-refractivity contribution is -0.125. The number of fused-ring (bicyclic) bond motifs is 2. The maximum absolute atomic E-state index is 12.4. The Bertz CT molecular complexity index is 718. The third kappa shape index (κ3) is 2.96. The van der Waals surface area contributed by atoms with Crippen LogP contribution >= 0.6 is 0 Å². The molecule has 1 aromatic heterocycles. The fraction of sp³-hybridized carbons (Fsp3) is 0.444. The molecule has 1 aliphatic carbocycles. The zero-order valence-corrected chi connectivity index (χ0v) is 12.4. The number of ether oxygens (including phenoxy) is 1. The van der Waals surface area contributed by atoms with Gasteiger partial charge >= 0.3 is 0 Å². The summed E-state index contributed by atoms with van der Waals surface area (Å²) in [4.78, 5) is 19.8. The predicted octanol–water partition coefficient (Wildman–Crippen LogP) is 2.89. The first-order valence-electron chi connectivity index (χ1n) is 7.83. The summed E-state index contributed by atoms with van der Waals surface area (Å²) in [5, 5.41) is 3.07. The van der Waals surface area contributed by atoms with Gasteiger partial charge in [-0.05, 0) is 18.4 Å². The summed E-state index contributed by atoms with van der Waals surface area (Å²) in [7, 11) is 0. The fourth-order valence-corrected chi connectivity index (χ4v) is 3.37. The van der Waals surface area contributed by atoms with Crippen molar-refractivity contribution in [2.75, 3.05) is 6.61 Å². The number of hydrogen-bond donors (Lipinski definition) is 2. The number of para-hydroxylation sites is 1. The molecule has 2 N–H and O–H groups in total. The lowest BCUT2D eigenvalue weighted by Gasteiger charge is -2.21. The van der Waals surface area contributed by atoms with E-state index in [-0.39, 0.29) is 22.1 Å². The molecule has 0 spiro atoms. The number of nitrogens with zero attached hydrogens (tertiary/aromatic N) is 1. The molecule has 0 radical (unpaired) electrons. The summed E-state index contributed by atoms with van der Waals surface area (Å²) in [5.74, 6) is 1.11. The molecule has 23 heavy (non-hydrogen) atoms. The molecular formula is C18H27N3O2. The second-order valence-electron chi connectivity index (χ2n) is 5.99. The van der Waals surface area contributed by atoms with Crippen LogP contribution in [0.25, 0.3) is 0 Å². The van der Waals surface area contributed by atoms with E-state index in [1.54, 1.807) is 6.33 Å². The van der Waals surface area contributed by atoms with Gasteiger partial charge in [-0.2, -0.15) is 0 Å². The molecule has 126 valence electrons. The molecule has 5 nitrogen and oxygen atoms in total. The van der Waals surface area contributed by atoms with Crippen LogP contribution < -0.4 is 10.1 Å². The first-order chi connectivity index (χ1) is 10.8.